The van der Waals surface area contributed by atoms with Crippen LogP contribution >= 0.6 is 11.6 Å². The van der Waals surface area contributed by atoms with Crippen LogP contribution in [0.2, 0.25) is 5.02 Å². The van der Waals surface area contributed by atoms with Crippen LogP contribution in [0.1, 0.15) is 57.2 Å². The number of amides is 1. The van der Waals surface area contributed by atoms with Gasteiger partial charge < -0.3 is 25.2 Å². The molecule has 4 rings (SSSR count). The van der Waals surface area contributed by atoms with Crippen LogP contribution in [0.4, 0.5) is 4.79 Å². The highest BCUT2D eigenvalue weighted by atomic mass is 35.5. The lowest BCUT2D eigenvalue weighted by Gasteiger charge is -2.60. The molecule has 2 atom stereocenters. The zero-order chi connectivity index (χ0) is 24.7. The van der Waals surface area contributed by atoms with Gasteiger partial charge in [-0.25, -0.2) is 4.79 Å². The molecule has 2 aromatic rings. The molecule has 1 aliphatic heterocycles. The van der Waals surface area contributed by atoms with E-state index in [-0.39, 0.29) is 6.54 Å². The first-order valence-corrected chi connectivity index (χ1v) is 12.4. The minimum absolute atomic E-state index is 0.200. The predicted octanol–water partition coefficient (Wildman–Crippen LogP) is 4.97. The average molecular weight is 487 g/mol. The molecule has 3 N–H and O–H groups in total. The lowest BCUT2D eigenvalue weighted by Crippen LogP contribution is -2.68. The molecule has 2 aromatic carbocycles. The van der Waals surface area contributed by atoms with Crippen molar-refractivity contribution >= 4 is 17.7 Å². The van der Waals surface area contributed by atoms with E-state index in [1.54, 1.807) is 4.90 Å². The minimum Gasteiger partial charge on any atom is -0.444 e. The Bertz CT molecular complexity index is 1080. The van der Waals surface area contributed by atoms with Gasteiger partial charge in [0, 0.05) is 22.7 Å². The van der Waals surface area contributed by atoms with E-state index in [1.165, 1.54) is 5.56 Å². The first-order chi connectivity index (χ1) is 16.1. The maximum atomic E-state index is 12.9. The number of fused-ring (bicyclic) bond motifs is 2. The van der Waals surface area contributed by atoms with Gasteiger partial charge in [0.05, 0.1) is 13.2 Å². The maximum absolute atomic E-state index is 12.9. The number of carbonyl (C=O) groups is 1. The molecule has 1 spiro atoms. The molecule has 2 aliphatic rings. The zero-order valence-corrected chi connectivity index (χ0v) is 21.2. The van der Waals surface area contributed by atoms with Gasteiger partial charge in [0.25, 0.3) is 0 Å². The second-order valence-electron chi connectivity index (χ2n) is 10.2. The van der Waals surface area contributed by atoms with Gasteiger partial charge >= 0.3 is 6.09 Å². The fourth-order valence-electron chi connectivity index (χ4n) is 5.24. The van der Waals surface area contributed by atoms with E-state index in [1.807, 2.05) is 45.0 Å². The van der Waals surface area contributed by atoms with Crippen LogP contribution < -0.4 is 5.73 Å². The van der Waals surface area contributed by atoms with Gasteiger partial charge in [0.1, 0.15) is 16.8 Å². The quantitative estimate of drug-likeness (QED) is 0.623. The molecule has 184 valence electrons. The summed E-state index contributed by atoms with van der Waals surface area (Å²) in [4.78, 5) is 14.6. The lowest BCUT2D eigenvalue weighted by atomic mass is 9.56. The summed E-state index contributed by atoms with van der Waals surface area (Å²) in [6, 6.07) is 12.0. The Morgan fingerprint density at radius 3 is 2.74 bits per heavy atom. The number of ether oxygens (including phenoxy) is 2. The van der Waals surface area contributed by atoms with E-state index >= 15 is 0 Å². The summed E-state index contributed by atoms with van der Waals surface area (Å²) in [5.74, 6) is 0. The molecule has 0 saturated carbocycles. The Hall–Kier alpha value is -2.12. The smallest absolute Gasteiger partial charge is 0.410 e. The number of nitrogens with zero attached hydrogens (tertiary/aromatic N) is 1. The molecule has 1 saturated heterocycles. The number of hydrogen-bond acceptors (Lipinski definition) is 5. The van der Waals surface area contributed by atoms with E-state index in [2.05, 4.69) is 19.1 Å². The minimum atomic E-state index is -1.34. The number of carbonyl (C=O) groups excluding carboxylic acids is 1. The maximum Gasteiger partial charge on any atom is 0.410 e. The van der Waals surface area contributed by atoms with Crippen LogP contribution in [0.15, 0.2) is 36.4 Å². The highest BCUT2D eigenvalue weighted by molar-refractivity contribution is 6.33. The number of rotatable bonds is 5. The summed E-state index contributed by atoms with van der Waals surface area (Å²) in [5, 5.41) is 12.9. The Balaban J connectivity index is 1.82. The van der Waals surface area contributed by atoms with Crippen molar-refractivity contribution in [2.24, 2.45) is 5.73 Å². The van der Waals surface area contributed by atoms with Gasteiger partial charge in [-0.3, -0.25) is 0 Å². The van der Waals surface area contributed by atoms with E-state index in [4.69, 9.17) is 26.8 Å². The summed E-state index contributed by atoms with van der Waals surface area (Å²) < 4.78 is 12.0. The van der Waals surface area contributed by atoms with Gasteiger partial charge in [-0.05, 0) is 69.3 Å². The van der Waals surface area contributed by atoms with Crippen molar-refractivity contribution in [3.8, 4) is 11.1 Å². The summed E-state index contributed by atoms with van der Waals surface area (Å²) in [6.45, 7) is 8.97. The summed E-state index contributed by atoms with van der Waals surface area (Å²) in [5.41, 5.74) is 7.44. The standard InChI is InChI=1S/C27H35ClN2O4/c1-5-18-8-6-9-19(16-18)22-21(28)11-10-20-23(22)26(32,12-7-13-29)27(20)17-30(14-15-33-27)24(31)34-25(2,3)4/h6,8-11,16,32H,5,7,12-15,17,29H2,1-4H3/t26-,27+/m1/s1. The Labute approximate surface area is 207 Å². The van der Waals surface area contributed by atoms with Crippen LogP contribution in [0.25, 0.3) is 11.1 Å². The van der Waals surface area contributed by atoms with E-state index < -0.39 is 22.9 Å². The third kappa shape index (κ3) is 4.11. The van der Waals surface area contributed by atoms with Crippen molar-refractivity contribution in [1.82, 2.24) is 4.90 Å². The zero-order valence-electron chi connectivity index (χ0n) is 20.5. The number of halogens is 1. The largest absolute Gasteiger partial charge is 0.444 e. The van der Waals surface area contributed by atoms with Crippen LogP contribution in [-0.4, -0.2) is 47.9 Å². The number of nitrogens with two attached hydrogens (primary N) is 1. The normalized spacial score (nSPS) is 24.0. The average Bonchev–Trinajstić information content (AvgIpc) is 2.81. The van der Waals surface area contributed by atoms with Crippen molar-refractivity contribution in [3.63, 3.8) is 0 Å². The Kier molecular flexibility index (Phi) is 6.73. The molecular weight excluding hydrogens is 452 g/mol. The topological polar surface area (TPSA) is 85.0 Å². The summed E-state index contributed by atoms with van der Waals surface area (Å²) in [7, 11) is 0. The Morgan fingerprint density at radius 2 is 2.06 bits per heavy atom. The molecular formula is C27H35ClN2O4. The van der Waals surface area contributed by atoms with Gasteiger partial charge in [-0.1, -0.05) is 48.9 Å². The molecule has 34 heavy (non-hydrogen) atoms. The first kappa shape index (κ1) is 25.0. The molecule has 0 aromatic heterocycles. The fourth-order valence-corrected chi connectivity index (χ4v) is 5.50. The number of aliphatic hydroxyl groups is 1. The number of morpholine rings is 1. The first-order valence-electron chi connectivity index (χ1n) is 12.0. The van der Waals surface area contributed by atoms with E-state index in [0.717, 1.165) is 28.7 Å². The molecule has 1 aliphatic carbocycles. The van der Waals surface area contributed by atoms with Gasteiger partial charge in [0.15, 0.2) is 0 Å². The molecule has 0 unspecified atom stereocenters. The molecule has 0 radical (unpaired) electrons. The molecule has 1 heterocycles. The van der Waals surface area contributed by atoms with Crippen LogP contribution in [-0.2, 0) is 27.1 Å². The van der Waals surface area contributed by atoms with Gasteiger partial charge in [-0.15, -0.1) is 0 Å². The van der Waals surface area contributed by atoms with E-state index in [9.17, 15) is 9.90 Å². The lowest BCUT2D eigenvalue weighted by molar-refractivity contribution is -0.253. The summed E-state index contributed by atoms with van der Waals surface area (Å²) >= 11 is 6.74. The molecule has 1 fully saturated rings. The van der Waals surface area contributed by atoms with Crippen LogP contribution in [0.3, 0.4) is 0 Å². The van der Waals surface area contributed by atoms with Crippen molar-refractivity contribution in [2.45, 2.75) is 63.8 Å². The highest BCUT2D eigenvalue weighted by Gasteiger charge is 2.66. The van der Waals surface area contributed by atoms with Crippen LogP contribution in [0.5, 0.6) is 0 Å². The second-order valence-corrected chi connectivity index (χ2v) is 10.6. The van der Waals surface area contributed by atoms with Gasteiger partial charge in [0.2, 0.25) is 0 Å². The molecule has 1 amide bonds. The molecule has 7 heteroatoms. The Morgan fingerprint density at radius 1 is 1.29 bits per heavy atom. The monoisotopic (exact) mass is 486 g/mol. The third-order valence-corrected chi connectivity index (χ3v) is 7.13. The third-order valence-electron chi connectivity index (χ3n) is 6.81. The second kappa shape index (κ2) is 9.15. The predicted molar refractivity (Wildman–Crippen MR) is 134 cm³/mol. The van der Waals surface area contributed by atoms with Crippen molar-refractivity contribution in [3.05, 3.63) is 58.1 Å². The van der Waals surface area contributed by atoms with Crippen molar-refractivity contribution < 1.29 is 19.4 Å². The fraction of sp³-hybridized carbons (Fsp3) is 0.519. The number of aryl methyl sites for hydroxylation is 1. The van der Waals surface area contributed by atoms with Crippen LogP contribution in [0, 0.1) is 0 Å². The summed E-state index contributed by atoms with van der Waals surface area (Å²) in [6.07, 6.45) is 1.50. The molecule has 0 bridgehead atoms. The van der Waals surface area contributed by atoms with Gasteiger partial charge in [-0.2, -0.15) is 0 Å². The highest BCUT2D eigenvalue weighted by Crippen LogP contribution is 2.62. The number of benzene rings is 2. The SMILES string of the molecule is CCc1cccc(-c2c(Cl)ccc3c2[C@](O)(CCCN)[C@]32CN(C(=O)OC(C)(C)C)CCO2)c1. The number of hydrogen-bond donors (Lipinski definition) is 2. The van der Waals surface area contributed by atoms with E-state index in [0.29, 0.717) is 37.6 Å². The van der Waals surface area contributed by atoms with Crippen molar-refractivity contribution in [2.75, 3.05) is 26.2 Å². The van der Waals surface area contributed by atoms with Crippen molar-refractivity contribution in [1.29, 1.82) is 0 Å². The molecule has 6 nitrogen and oxygen atoms in total.